The maximum Gasteiger partial charge on any atom is 0.261 e. The van der Waals surface area contributed by atoms with Crippen molar-refractivity contribution < 1.29 is 24.3 Å². The van der Waals surface area contributed by atoms with Crippen molar-refractivity contribution >= 4 is 40.0 Å². The summed E-state index contributed by atoms with van der Waals surface area (Å²) in [5, 5.41) is 20.0. The standard InChI is InChI=1S/C14H18N4O5S/c1-6(19)16-14-7(5-9(24-14)13(23)15-2)11(21)17-8-3-4-10(20)18-12(8)22/h5,8,12,22H,3-4H2,1-2H3,(H,15,23)(H,16,19)(H,17,21)(H,18,20). The first-order valence-corrected chi connectivity index (χ1v) is 8.05. The lowest BCUT2D eigenvalue weighted by Crippen LogP contribution is -2.55. The lowest BCUT2D eigenvalue weighted by atomic mass is 10.0. The van der Waals surface area contributed by atoms with E-state index in [1.165, 1.54) is 20.0 Å². The molecular weight excluding hydrogens is 336 g/mol. The molecule has 2 heterocycles. The van der Waals surface area contributed by atoms with Crippen molar-refractivity contribution in [2.75, 3.05) is 12.4 Å². The number of carbonyl (C=O) groups is 4. The van der Waals surface area contributed by atoms with Crippen molar-refractivity contribution in [3.05, 3.63) is 16.5 Å². The van der Waals surface area contributed by atoms with Gasteiger partial charge in [0.2, 0.25) is 11.8 Å². The molecule has 0 aliphatic carbocycles. The number of amides is 4. The number of carbonyl (C=O) groups excluding carboxylic acids is 4. The van der Waals surface area contributed by atoms with Crippen LogP contribution in [0.1, 0.15) is 39.8 Å². The fourth-order valence-corrected chi connectivity index (χ4v) is 3.27. The van der Waals surface area contributed by atoms with E-state index in [0.717, 1.165) is 11.3 Å². The van der Waals surface area contributed by atoms with Crippen LogP contribution in [0.25, 0.3) is 0 Å². The van der Waals surface area contributed by atoms with E-state index in [4.69, 9.17) is 0 Å². The Labute approximate surface area is 141 Å². The summed E-state index contributed by atoms with van der Waals surface area (Å²) in [5.41, 5.74) is 0.123. The third-order valence-electron chi connectivity index (χ3n) is 3.41. The van der Waals surface area contributed by atoms with E-state index in [2.05, 4.69) is 21.3 Å². The van der Waals surface area contributed by atoms with Gasteiger partial charge >= 0.3 is 0 Å². The maximum absolute atomic E-state index is 12.5. The van der Waals surface area contributed by atoms with Crippen molar-refractivity contribution in [1.82, 2.24) is 16.0 Å². The Bertz CT molecular complexity index is 687. The van der Waals surface area contributed by atoms with Gasteiger partial charge in [-0.2, -0.15) is 0 Å². The summed E-state index contributed by atoms with van der Waals surface area (Å²) in [6.07, 6.45) is -0.703. The molecular formula is C14H18N4O5S. The van der Waals surface area contributed by atoms with Gasteiger partial charge in [0, 0.05) is 20.4 Å². The van der Waals surface area contributed by atoms with E-state index in [1.807, 2.05) is 0 Å². The summed E-state index contributed by atoms with van der Waals surface area (Å²) in [5.74, 6) is -1.59. The Morgan fingerprint density at radius 3 is 2.62 bits per heavy atom. The quantitative estimate of drug-likeness (QED) is 0.491. The number of aliphatic hydroxyl groups is 1. The molecule has 5 N–H and O–H groups in total. The summed E-state index contributed by atoms with van der Waals surface area (Å²) in [6.45, 7) is 1.29. The van der Waals surface area contributed by atoms with Gasteiger partial charge in [-0.05, 0) is 12.5 Å². The second kappa shape index (κ2) is 7.41. The molecule has 24 heavy (non-hydrogen) atoms. The van der Waals surface area contributed by atoms with Crippen LogP contribution in [0.4, 0.5) is 5.00 Å². The summed E-state index contributed by atoms with van der Waals surface area (Å²) in [4.78, 5) is 46.9. The number of thiophene rings is 1. The number of hydrogen-bond acceptors (Lipinski definition) is 6. The van der Waals surface area contributed by atoms with Crippen LogP contribution in [0.15, 0.2) is 6.07 Å². The molecule has 2 rings (SSSR count). The number of aliphatic hydroxyl groups excluding tert-OH is 1. The molecule has 0 saturated carbocycles. The van der Waals surface area contributed by atoms with Crippen LogP contribution in [0.2, 0.25) is 0 Å². The Morgan fingerprint density at radius 1 is 1.33 bits per heavy atom. The van der Waals surface area contributed by atoms with Crippen LogP contribution in [-0.2, 0) is 9.59 Å². The largest absolute Gasteiger partial charge is 0.372 e. The highest BCUT2D eigenvalue weighted by Gasteiger charge is 2.29. The van der Waals surface area contributed by atoms with Gasteiger partial charge in [0.15, 0.2) is 0 Å². The second-order valence-electron chi connectivity index (χ2n) is 5.24. The van der Waals surface area contributed by atoms with Gasteiger partial charge in [-0.15, -0.1) is 11.3 Å². The molecule has 0 aromatic carbocycles. The second-order valence-corrected chi connectivity index (χ2v) is 6.30. The molecule has 130 valence electrons. The van der Waals surface area contributed by atoms with E-state index in [9.17, 15) is 24.3 Å². The van der Waals surface area contributed by atoms with Crippen molar-refractivity contribution in [2.45, 2.75) is 32.0 Å². The van der Waals surface area contributed by atoms with Gasteiger partial charge < -0.3 is 26.4 Å². The molecule has 0 bridgehead atoms. The zero-order valence-electron chi connectivity index (χ0n) is 13.1. The minimum absolute atomic E-state index is 0.123. The highest BCUT2D eigenvalue weighted by molar-refractivity contribution is 7.18. The Hall–Kier alpha value is -2.46. The normalized spacial score (nSPS) is 20.0. The minimum atomic E-state index is -1.18. The topological polar surface area (TPSA) is 137 Å². The van der Waals surface area contributed by atoms with Crippen molar-refractivity contribution in [2.24, 2.45) is 0 Å². The molecule has 1 aliphatic rings. The minimum Gasteiger partial charge on any atom is -0.372 e. The van der Waals surface area contributed by atoms with E-state index in [-0.39, 0.29) is 39.6 Å². The third kappa shape index (κ3) is 4.09. The van der Waals surface area contributed by atoms with E-state index in [0.29, 0.717) is 6.42 Å². The zero-order valence-corrected chi connectivity index (χ0v) is 14.0. The summed E-state index contributed by atoms with van der Waals surface area (Å²) in [6, 6.07) is 0.724. The fourth-order valence-electron chi connectivity index (χ4n) is 2.23. The predicted molar refractivity (Wildman–Crippen MR) is 86.7 cm³/mol. The van der Waals surface area contributed by atoms with Crippen molar-refractivity contribution in [3.63, 3.8) is 0 Å². The highest BCUT2D eigenvalue weighted by Crippen LogP contribution is 2.28. The smallest absolute Gasteiger partial charge is 0.261 e. The van der Waals surface area contributed by atoms with Crippen LogP contribution in [0.5, 0.6) is 0 Å². The first-order chi connectivity index (χ1) is 11.3. The van der Waals surface area contributed by atoms with Gasteiger partial charge in [-0.25, -0.2) is 0 Å². The van der Waals surface area contributed by atoms with Crippen LogP contribution in [0.3, 0.4) is 0 Å². The van der Waals surface area contributed by atoms with E-state index in [1.54, 1.807) is 0 Å². The van der Waals surface area contributed by atoms with Crippen LogP contribution < -0.4 is 21.3 Å². The van der Waals surface area contributed by atoms with Crippen molar-refractivity contribution in [1.29, 1.82) is 0 Å². The van der Waals surface area contributed by atoms with E-state index >= 15 is 0 Å². The van der Waals surface area contributed by atoms with Crippen LogP contribution in [0, 0.1) is 0 Å². The molecule has 2 unspecified atom stereocenters. The predicted octanol–water partition coefficient (Wildman–Crippen LogP) is -0.607. The molecule has 2 atom stereocenters. The summed E-state index contributed by atoms with van der Waals surface area (Å²) < 4.78 is 0. The number of nitrogens with one attached hydrogen (secondary N) is 4. The lowest BCUT2D eigenvalue weighted by molar-refractivity contribution is -0.127. The van der Waals surface area contributed by atoms with E-state index < -0.39 is 18.2 Å². The number of rotatable bonds is 4. The van der Waals surface area contributed by atoms with Gasteiger partial charge in [0.05, 0.1) is 16.5 Å². The molecule has 0 radical (unpaired) electrons. The third-order valence-corrected chi connectivity index (χ3v) is 4.46. The number of anilines is 1. The molecule has 4 amide bonds. The average Bonchev–Trinajstić information content (AvgIpc) is 2.92. The molecule has 1 fully saturated rings. The van der Waals surface area contributed by atoms with Crippen LogP contribution >= 0.6 is 11.3 Å². The SMILES string of the molecule is CNC(=O)c1cc(C(=O)NC2CCC(=O)NC2O)c(NC(C)=O)s1. The molecule has 1 aliphatic heterocycles. The monoisotopic (exact) mass is 354 g/mol. The van der Waals surface area contributed by atoms with Crippen molar-refractivity contribution in [3.8, 4) is 0 Å². The molecule has 1 aromatic heterocycles. The number of hydrogen-bond donors (Lipinski definition) is 5. The summed E-state index contributed by atoms with van der Waals surface area (Å²) >= 11 is 0.975. The van der Waals surface area contributed by atoms with Gasteiger partial charge in [0.1, 0.15) is 11.2 Å². The molecule has 10 heteroatoms. The Balaban J connectivity index is 2.20. The molecule has 1 saturated heterocycles. The summed E-state index contributed by atoms with van der Waals surface area (Å²) in [7, 11) is 1.46. The first kappa shape index (κ1) is 17.9. The first-order valence-electron chi connectivity index (χ1n) is 7.23. The Kier molecular flexibility index (Phi) is 5.52. The van der Waals surface area contributed by atoms with Gasteiger partial charge in [-0.3, -0.25) is 19.2 Å². The highest BCUT2D eigenvalue weighted by atomic mass is 32.1. The number of piperidine rings is 1. The van der Waals surface area contributed by atoms with Crippen LogP contribution in [-0.4, -0.2) is 48.1 Å². The lowest BCUT2D eigenvalue weighted by Gasteiger charge is -2.28. The molecule has 1 aromatic rings. The fraction of sp³-hybridized carbons (Fsp3) is 0.429. The molecule has 9 nitrogen and oxygen atoms in total. The maximum atomic E-state index is 12.5. The average molecular weight is 354 g/mol. The van der Waals surface area contributed by atoms with Gasteiger partial charge in [0.25, 0.3) is 11.8 Å². The Morgan fingerprint density at radius 2 is 2.04 bits per heavy atom. The van der Waals surface area contributed by atoms with Gasteiger partial charge in [-0.1, -0.05) is 0 Å². The zero-order chi connectivity index (χ0) is 17.9. The molecule has 0 spiro atoms.